The van der Waals surface area contributed by atoms with Crippen molar-refractivity contribution in [2.75, 3.05) is 34.9 Å². The van der Waals surface area contributed by atoms with Gasteiger partial charge in [0.15, 0.2) is 24.7 Å². The number of aliphatic imine (C=N–C) groups is 1. The van der Waals surface area contributed by atoms with Gasteiger partial charge in [-0.1, -0.05) is 38.5 Å². The third-order valence-corrected chi connectivity index (χ3v) is 13.9. The highest BCUT2D eigenvalue weighted by Crippen LogP contribution is 2.38. The summed E-state index contributed by atoms with van der Waals surface area (Å²) in [5.74, 6) is -3.07. The standard InChI is InChI=1S/C49H85N3O16/c1-15-35-32(23-62-48-45(61-14)44(60-13)40(56)28(7)64-48)18-25(4)16-17-33(53)26(5)19-31(20-36(50)51-24(2)3)42(27(6)34(54)21-37(55)66-35)68-47-41(57)39(52(11)12)43(29(8)65-47)67-38-22-49(10,59)46(58)30(9)63-38/h16-18,24,26-32,34-35,38-48,54,56-59H,15,19-23H2,1-14H3,(H2,50,51)/b17-16-,25-18+/t26-,27+,28-,29-,30+,31-,32-,34-,35?,38+,39-,40-,41-,42?,43-,44-,45-,46+,47+,48-,49-/m1/s1. The lowest BCUT2D eigenvalue weighted by Gasteiger charge is -2.50. The molecule has 0 saturated carbocycles. The Labute approximate surface area is 403 Å². The Balaban J connectivity index is 1.69. The van der Waals surface area contributed by atoms with Crippen LogP contribution >= 0.6 is 0 Å². The van der Waals surface area contributed by atoms with Gasteiger partial charge in [-0.05, 0) is 87.4 Å². The average Bonchev–Trinajstić information content (AvgIpc) is 3.25. The molecule has 4 aliphatic rings. The number of nitrogens with two attached hydrogens (primary N) is 1. The van der Waals surface area contributed by atoms with E-state index < -0.39 is 140 Å². The summed E-state index contributed by atoms with van der Waals surface area (Å²) in [6, 6.07) is -0.880. The van der Waals surface area contributed by atoms with Gasteiger partial charge < -0.3 is 78.8 Å². The number of methoxy groups -OCH3 is 2. The number of aliphatic hydroxyl groups is 5. The highest BCUT2D eigenvalue weighted by Gasteiger charge is 2.52. The molecule has 19 heteroatoms. The lowest BCUT2D eigenvalue weighted by molar-refractivity contribution is -0.341. The van der Waals surface area contributed by atoms with E-state index in [0.717, 1.165) is 0 Å². The predicted molar refractivity (Wildman–Crippen MR) is 251 cm³/mol. The number of esters is 1. The van der Waals surface area contributed by atoms with Crippen LogP contribution in [0.5, 0.6) is 0 Å². The first kappa shape index (κ1) is 58.1. The van der Waals surface area contributed by atoms with E-state index in [9.17, 15) is 35.1 Å². The summed E-state index contributed by atoms with van der Waals surface area (Å²) in [5.41, 5.74) is 5.79. The molecule has 19 nitrogen and oxygen atoms in total. The van der Waals surface area contributed by atoms with Crippen LogP contribution in [-0.4, -0.2) is 193 Å². The van der Waals surface area contributed by atoms with Crippen molar-refractivity contribution in [1.29, 1.82) is 0 Å². The second-order valence-electron chi connectivity index (χ2n) is 20.3. The van der Waals surface area contributed by atoms with Crippen molar-refractivity contribution in [2.24, 2.45) is 34.4 Å². The van der Waals surface area contributed by atoms with Crippen molar-refractivity contribution in [3.63, 3.8) is 0 Å². The number of aliphatic hydroxyl groups excluding tert-OH is 4. The van der Waals surface area contributed by atoms with Crippen LogP contribution in [0.4, 0.5) is 0 Å². The zero-order chi connectivity index (χ0) is 50.9. The number of nitrogens with zero attached hydrogens (tertiary/aromatic N) is 2. The molecule has 21 atom stereocenters. The number of cyclic esters (lactones) is 1. The number of likely N-dealkylation sites (N-methyl/N-ethyl adjacent to an activating group) is 1. The molecule has 4 rings (SSSR count). The number of ether oxygens (including phenoxy) is 9. The Kier molecular flexibility index (Phi) is 22.0. The van der Waals surface area contributed by atoms with Gasteiger partial charge in [0.2, 0.25) is 0 Å². The molecular weight excluding hydrogens is 887 g/mol. The number of rotatable bonds is 14. The number of carbonyl (C=O) groups is 2. The normalized spacial score (nSPS) is 44.4. The molecule has 0 aromatic heterocycles. The minimum Gasteiger partial charge on any atom is -0.462 e. The Morgan fingerprint density at radius 2 is 1.54 bits per heavy atom. The van der Waals surface area contributed by atoms with E-state index in [0.29, 0.717) is 17.8 Å². The summed E-state index contributed by atoms with van der Waals surface area (Å²) in [7, 11) is 6.50. The lowest BCUT2D eigenvalue weighted by Crippen LogP contribution is -2.65. The molecule has 0 aromatic rings. The molecule has 4 heterocycles. The van der Waals surface area contributed by atoms with Crippen LogP contribution in [-0.2, 0) is 52.2 Å². The summed E-state index contributed by atoms with van der Waals surface area (Å²) in [6.45, 7) is 17.7. The molecule has 2 unspecified atom stereocenters. The molecule has 392 valence electrons. The third-order valence-electron chi connectivity index (χ3n) is 13.9. The first-order chi connectivity index (χ1) is 31.8. The fraction of sp³-hybridized carbons (Fsp3) is 0.857. The van der Waals surface area contributed by atoms with Gasteiger partial charge in [-0.25, -0.2) is 0 Å². The van der Waals surface area contributed by atoms with Gasteiger partial charge in [-0.3, -0.25) is 14.6 Å². The monoisotopic (exact) mass is 972 g/mol. The van der Waals surface area contributed by atoms with E-state index in [-0.39, 0.29) is 37.7 Å². The van der Waals surface area contributed by atoms with Crippen LogP contribution < -0.4 is 5.73 Å². The average molecular weight is 972 g/mol. The summed E-state index contributed by atoms with van der Waals surface area (Å²) < 4.78 is 55.3. The fourth-order valence-corrected chi connectivity index (χ4v) is 10.0. The molecule has 0 bridgehead atoms. The highest BCUT2D eigenvalue weighted by atomic mass is 16.7. The van der Waals surface area contributed by atoms with E-state index in [2.05, 4.69) is 4.99 Å². The lowest BCUT2D eigenvalue weighted by atomic mass is 9.79. The molecule has 68 heavy (non-hydrogen) atoms. The Hall–Kier alpha value is -2.47. The molecule has 3 saturated heterocycles. The first-order valence-electron chi connectivity index (χ1n) is 24.3. The second kappa shape index (κ2) is 25.8. The minimum atomic E-state index is -1.49. The zero-order valence-corrected chi connectivity index (χ0v) is 42.8. The van der Waals surface area contributed by atoms with Crippen LogP contribution in [0.1, 0.15) is 101 Å². The van der Waals surface area contributed by atoms with Gasteiger partial charge in [0.05, 0.1) is 61.0 Å². The van der Waals surface area contributed by atoms with Crippen molar-refractivity contribution >= 4 is 17.6 Å². The maximum absolute atomic E-state index is 14.0. The van der Waals surface area contributed by atoms with Crippen molar-refractivity contribution in [3.8, 4) is 0 Å². The largest absolute Gasteiger partial charge is 0.462 e. The van der Waals surface area contributed by atoms with Gasteiger partial charge in [0.25, 0.3) is 0 Å². The van der Waals surface area contributed by atoms with Crippen LogP contribution in [0.2, 0.25) is 0 Å². The molecular formula is C49H85N3O16. The number of allylic oxidation sites excluding steroid dienone is 3. The van der Waals surface area contributed by atoms with Gasteiger partial charge in [0, 0.05) is 50.9 Å². The molecule has 3 fully saturated rings. The van der Waals surface area contributed by atoms with Crippen molar-refractivity contribution in [1.82, 2.24) is 4.90 Å². The van der Waals surface area contributed by atoms with Gasteiger partial charge in [-0.2, -0.15) is 0 Å². The summed E-state index contributed by atoms with van der Waals surface area (Å²) >= 11 is 0. The quantitative estimate of drug-likeness (QED) is 0.0830. The van der Waals surface area contributed by atoms with Gasteiger partial charge in [-0.15, -0.1) is 0 Å². The number of carbonyl (C=O) groups excluding carboxylic acids is 2. The maximum atomic E-state index is 14.0. The summed E-state index contributed by atoms with van der Waals surface area (Å²) in [6.07, 6.45) is -8.62. The highest BCUT2D eigenvalue weighted by molar-refractivity contribution is 5.92. The van der Waals surface area contributed by atoms with E-state index in [1.54, 1.807) is 59.7 Å². The summed E-state index contributed by atoms with van der Waals surface area (Å²) in [5, 5.41) is 56.4. The molecule has 0 aliphatic carbocycles. The smallest absolute Gasteiger partial charge is 0.308 e. The van der Waals surface area contributed by atoms with Crippen molar-refractivity contribution < 1.29 is 77.8 Å². The molecule has 4 aliphatic heterocycles. The van der Waals surface area contributed by atoms with Crippen LogP contribution in [0.3, 0.4) is 0 Å². The fourth-order valence-electron chi connectivity index (χ4n) is 10.0. The van der Waals surface area contributed by atoms with Crippen LogP contribution in [0.25, 0.3) is 0 Å². The van der Waals surface area contributed by atoms with E-state index >= 15 is 0 Å². The minimum absolute atomic E-state index is 0.000281. The summed E-state index contributed by atoms with van der Waals surface area (Å²) in [4.78, 5) is 34.3. The van der Waals surface area contributed by atoms with Gasteiger partial charge in [0.1, 0.15) is 42.7 Å². The predicted octanol–water partition coefficient (Wildman–Crippen LogP) is 2.40. The Morgan fingerprint density at radius 1 is 0.897 bits per heavy atom. The number of hydrogen-bond acceptors (Lipinski definition) is 18. The molecule has 0 amide bonds. The first-order valence-corrected chi connectivity index (χ1v) is 24.3. The number of hydrogen-bond donors (Lipinski definition) is 6. The van der Waals surface area contributed by atoms with Crippen molar-refractivity contribution in [3.05, 3.63) is 23.8 Å². The number of ketones is 1. The Bertz CT molecular complexity index is 1700. The molecule has 0 radical (unpaired) electrons. The zero-order valence-electron chi connectivity index (χ0n) is 42.8. The molecule has 0 spiro atoms. The molecule has 0 aromatic carbocycles. The van der Waals surface area contributed by atoms with E-state index in [1.165, 1.54) is 27.2 Å². The topological polar surface area (TPSA) is 260 Å². The third kappa shape index (κ3) is 15.0. The second-order valence-corrected chi connectivity index (χ2v) is 20.3. The van der Waals surface area contributed by atoms with E-state index in [1.807, 2.05) is 33.8 Å². The van der Waals surface area contributed by atoms with Gasteiger partial charge >= 0.3 is 5.97 Å². The maximum Gasteiger partial charge on any atom is 0.308 e. The number of amidine groups is 1. The van der Waals surface area contributed by atoms with E-state index in [4.69, 9.17) is 48.4 Å². The van der Waals surface area contributed by atoms with Crippen LogP contribution in [0.15, 0.2) is 28.8 Å². The molecule has 7 N–H and O–H groups in total. The van der Waals surface area contributed by atoms with Crippen LogP contribution in [0, 0.1) is 23.7 Å². The Morgan fingerprint density at radius 3 is 2.13 bits per heavy atom. The SMILES string of the molecule is CCC1OC(=O)C[C@@H](O)[C@H](C)C(O[C@@H]2O[C@H](C)[C@@H](O[C@H]3C[C@@](C)(O)[C@@H](O)[C@H](C)O3)[C@H](N(C)C)[C@H]2O)[C@@H](CC(N)=NC(C)C)C[C@@H](C)C(=O)/C=C\C(C)=C\[C@@H]1CO[C@@H]1O[C@H](C)[C@@H](O)[C@@H](OC)[C@H]1OC. The van der Waals surface area contributed by atoms with Crippen molar-refractivity contribution in [2.45, 2.75) is 211 Å².